The van der Waals surface area contributed by atoms with Crippen molar-refractivity contribution < 1.29 is 33.4 Å². The average Bonchev–Trinajstić information content (AvgIpc) is 3.15. The quantitative estimate of drug-likeness (QED) is 0.384. The van der Waals surface area contributed by atoms with Crippen LogP contribution in [0.3, 0.4) is 0 Å². The maximum atomic E-state index is 13.1. The molecule has 0 fully saturated rings. The van der Waals surface area contributed by atoms with Crippen molar-refractivity contribution in [3.8, 4) is 0 Å². The van der Waals surface area contributed by atoms with E-state index in [1.54, 1.807) is 54.6 Å². The molecule has 9 nitrogen and oxygen atoms in total. The van der Waals surface area contributed by atoms with Crippen LogP contribution in [0.5, 0.6) is 0 Å². The van der Waals surface area contributed by atoms with E-state index in [-0.39, 0.29) is 23.1 Å². The lowest BCUT2D eigenvalue weighted by atomic mass is 10.0. The molecule has 4 rings (SSSR count). The minimum absolute atomic E-state index is 0.0218. The second-order valence-corrected chi connectivity index (χ2v) is 7.96. The van der Waals surface area contributed by atoms with E-state index in [1.807, 2.05) is 0 Å². The Morgan fingerprint density at radius 3 is 2.14 bits per heavy atom. The molecule has 182 valence electrons. The number of nitrogens with zero attached hydrogens (tertiary/aromatic N) is 1. The maximum absolute atomic E-state index is 13.1. The van der Waals surface area contributed by atoms with Crippen LogP contribution in [0.15, 0.2) is 78.9 Å². The number of carbonyl (C=O) groups is 5. The summed E-state index contributed by atoms with van der Waals surface area (Å²) in [6.45, 7) is -0.657. The van der Waals surface area contributed by atoms with Gasteiger partial charge in [-0.2, -0.15) is 0 Å². The highest BCUT2D eigenvalue weighted by Gasteiger charge is 2.43. The minimum atomic E-state index is -1.27. The Balaban J connectivity index is 1.48. The van der Waals surface area contributed by atoms with Crippen LogP contribution in [-0.4, -0.2) is 54.3 Å². The van der Waals surface area contributed by atoms with Gasteiger partial charge < -0.3 is 14.8 Å². The summed E-state index contributed by atoms with van der Waals surface area (Å²) in [4.78, 5) is 64.1. The Morgan fingerprint density at radius 2 is 1.50 bits per heavy atom. The topological polar surface area (TPSA) is 119 Å². The van der Waals surface area contributed by atoms with Crippen molar-refractivity contribution in [1.82, 2.24) is 4.90 Å². The first-order valence-electron chi connectivity index (χ1n) is 11.0. The van der Waals surface area contributed by atoms with Gasteiger partial charge in [-0.25, -0.2) is 9.59 Å². The van der Waals surface area contributed by atoms with Gasteiger partial charge in [-0.1, -0.05) is 48.5 Å². The summed E-state index contributed by atoms with van der Waals surface area (Å²) in [6.07, 6.45) is 0.0218. The summed E-state index contributed by atoms with van der Waals surface area (Å²) in [5.41, 5.74) is 1.66. The molecule has 1 N–H and O–H groups in total. The number of ether oxygens (including phenoxy) is 2. The van der Waals surface area contributed by atoms with Crippen LogP contribution in [0.1, 0.15) is 36.6 Å². The molecular weight excluding hydrogens is 464 g/mol. The van der Waals surface area contributed by atoms with Crippen LogP contribution >= 0.6 is 0 Å². The highest BCUT2D eigenvalue weighted by Crippen LogP contribution is 2.26. The zero-order chi connectivity index (χ0) is 25.7. The third-order valence-corrected chi connectivity index (χ3v) is 5.59. The van der Waals surface area contributed by atoms with E-state index in [1.165, 1.54) is 31.4 Å². The minimum Gasteiger partial charge on any atom is -0.465 e. The normalized spacial score (nSPS) is 13.1. The standard InChI is InChI=1S/C27H22N2O7/c1-35-26(33)18-10-7-11-19(15-18)28-23(30)16-36-27(34)22(14-17-8-3-2-4-9-17)29-24(31)20-12-5-6-13-21(20)25(29)32/h2-13,15,22H,14,16H2,1H3,(H,28,30)/t22-/m0/s1. The highest BCUT2D eigenvalue weighted by molar-refractivity contribution is 6.22. The zero-order valence-corrected chi connectivity index (χ0v) is 19.3. The monoisotopic (exact) mass is 486 g/mol. The van der Waals surface area contributed by atoms with Crippen LogP contribution in [0, 0.1) is 0 Å². The van der Waals surface area contributed by atoms with E-state index < -0.39 is 42.3 Å². The fourth-order valence-electron chi connectivity index (χ4n) is 3.88. The summed E-state index contributed by atoms with van der Waals surface area (Å²) >= 11 is 0. The molecule has 3 aromatic rings. The molecule has 0 aromatic heterocycles. The molecule has 36 heavy (non-hydrogen) atoms. The molecule has 0 unspecified atom stereocenters. The second kappa shape index (κ2) is 10.6. The molecule has 0 aliphatic carbocycles. The van der Waals surface area contributed by atoms with Gasteiger partial charge in [0.2, 0.25) is 0 Å². The number of esters is 2. The van der Waals surface area contributed by atoms with Gasteiger partial charge in [0.1, 0.15) is 6.04 Å². The Hall–Kier alpha value is -4.79. The largest absolute Gasteiger partial charge is 0.465 e. The molecule has 0 saturated heterocycles. The molecule has 0 saturated carbocycles. The number of rotatable bonds is 8. The van der Waals surface area contributed by atoms with E-state index in [9.17, 15) is 24.0 Å². The summed E-state index contributed by atoms with van der Waals surface area (Å²) in [6, 6.07) is 20.0. The average molecular weight is 486 g/mol. The summed E-state index contributed by atoms with van der Waals surface area (Å²) in [7, 11) is 1.24. The fourth-order valence-corrected chi connectivity index (χ4v) is 3.88. The van der Waals surface area contributed by atoms with Crippen molar-refractivity contribution in [2.75, 3.05) is 19.0 Å². The number of amides is 3. The smallest absolute Gasteiger partial charge is 0.337 e. The van der Waals surface area contributed by atoms with E-state index in [0.29, 0.717) is 11.3 Å². The molecule has 3 amide bonds. The molecule has 0 spiro atoms. The summed E-state index contributed by atoms with van der Waals surface area (Å²) < 4.78 is 9.89. The number of nitrogens with one attached hydrogen (secondary N) is 1. The molecular formula is C27H22N2O7. The number of hydrogen-bond donors (Lipinski definition) is 1. The number of carbonyl (C=O) groups excluding carboxylic acids is 5. The van der Waals surface area contributed by atoms with Crippen molar-refractivity contribution in [2.45, 2.75) is 12.5 Å². The number of imide groups is 1. The van der Waals surface area contributed by atoms with Gasteiger partial charge in [-0.15, -0.1) is 0 Å². The van der Waals surface area contributed by atoms with Crippen molar-refractivity contribution in [3.05, 3.63) is 101 Å². The first-order valence-corrected chi connectivity index (χ1v) is 11.0. The Bertz CT molecular complexity index is 1300. The number of fused-ring (bicyclic) bond motifs is 1. The van der Waals surface area contributed by atoms with Gasteiger partial charge >= 0.3 is 11.9 Å². The van der Waals surface area contributed by atoms with Crippen molar-refractivity contribution >= 4 is 35.3 Å². The third-order valence-electron chi connectivity index (χ3n) is 5.59. The van der Waals surface area contributed by atoms with Gasteiger partial charge in [0.15, 0.2) is 6.61 Å². The first kappa shape index (κ1) is 24.3. The summed E-state index contributed by atoms with van der Waals surface area (Å²) in [5.74, 6) is -3.32. The van der Waals surface area contributed by atoms with E-state index in [0.717, 1.165) is 4.90 Å². The van der Waals surface area contributed by atoms with Crippen LogP contribution in [-0.2, 0) is 25.5 Å². The predicted octanol–water partition coefficient (Wildman–Crippen LogP) is 2.86. The van der Waals surface area contributed by atoms with E-state index in [4.69, 9.17) is 4.74 Å². The lowest BCUT2D eigenvalue weighted by Crippen LogP contribution is -2.47. The van der Waals surface area contributed by atoms with Gasteiger partial charge in [0.25, 0.3) is 17.7 Å². The number of hydrogen-bond acceptors (Lipinski definition) is 7. The summed E-state index contributed by atoms with van der Waals surface area (Å²) in [5, 5.41) is 2.54. The van der Waals surface area contributed by atoms with Gasteiger partial charge in [-0.05, 0) is 35.9 Å². The lowest BCUT2D eigenvalue weighted by molar-refractivity contribution is -0.151. The molecule has 1 aliphatic heterocycles. The lowest BCUT2D eigenvalue weighted by Gasteiger charge is -2.24. The third kappa shape index (κ3) is 5.15. The number of benzene rings is 3. The van der Waals surface area contributed by atoms with Gasteiger partial charge in [0.05, 0.1) is 23.8 Å². The van der Waals surface area contributed by atoms with Gasteiger partial charge in [0, 0.05) is 12.1 Å². The van der Waals surface area contributed by atoms with Crippen molar-refractivity contribution in [2.24, 2.45) is 0 Å². The number of anilines is 1. The van der Waals surface area contributed by atoms with Crippen LogP contribution < -0.4 is 5.32 Å². The van der Waals surface area contributed by atoms with Crippen LogP contribution in [0.2, 0.25) is 0 Å². The molecule has 0 bridgehead atoms. The van der Waals surface area contributed by atoms with Crippen molar-refractivity contribution in [1.29, 1.82) is 0 Å². The second-order valence-electron chi connectivity index (χ2n) is 7.96. The SMILES string of the molecule is COC(=O)c1cccc(NC(=O)COC(=O)[C@H](Cc2ccccc2)N2C(=O)c3ccccc3C2=O)c1. The highest BCUT2D eigenvalue weighted by atomic mass is 16.5. The first-order chi connectivity index (χ1) is 17.4. The van der Waals surface area contributed by atoms with Gasteiger partial charge in [-0.3, -0.25) is 19.3 Å². The molecule has 0 radical (unpaired) electrons. The van der Waals surface area contributed by atoms with E-state index >= 15 is 0 Å². The van der Waals surface area contributed by atoms with E-state index in [2.05, 4.69) is 10.1 Å². The predicted molar refractivity (Wildman–Crippen MR) is 128 cm³/mol. The fraction of sp³-hybridized carbons (Fsp3) is 0.148. The zero-order valence-electron chi connectivity index (χ0n) is 19.3. The Morgan fingerprint density at radius 1 is 0.861 bits per heavy atom. The molecule has 9 heteroatoms. The van der Waals surface area contributed by atoms with Crippen LogP contribution in [0.4, 0.5) is 5.69 Å². The van der Waals surface area contributed by atoms with Crippen molar-refractivity contribution in [3.63, 3.8) is 0 Å². The Kier molecular flexibility index (Phi) is 7.20. The number of methoxy groups -OCH3 is 1. The van der Waals surface area contributed by atoms with Crippen LogP contribution in [0.25, 0.3) is 0 Å². The molecule has 1 aliphatic rings. The molecule has 3 aromatic carbocycles. The molecule has 1 heterocycles. The molecule has 1 atom stereocenters. The Labute approximate surface area is 206 Å². The maximum Gasteiger partial charge on any atom is 0.337 e.